The van der Waals surface area contributed by atoms with Gasteiger partial charge in [-0.3, -0.25) is 9.10 Å². The lowest BCUT2D eigenvalue weighted by atomic mass is 10.2. The summed E-state index contributed by atoms with van der Waals surface area (Å²) in [5.74, 6) is 0.355. The fourth-order valence-corrected chi connectivity index (χ4v) is 4.50. The minimum absolute atomic E-state index is 0.101. The van der Waals surface area contributed by atoms with Crippen molar-refractivity contribution in [3.8, 4) is 5.75 Å². The molecule has 25 heavy (non-hydrogen) atoms. The summed E-state index contributed by atoms with van der Waals surface area (Å²) in [7, 11) is -1.82. The maximum atomic E-state index is 12.4. The number of anilines is 2. The first kappa shape index (κ1) is 17.6. The number of carbonyl (C=O) groups excluding carboxylic acids is 1. The first-order chi connectivity index (χ1) is 11.9. The highest BCUT2D eigenvalue weighted by Crippen LogP contribution is 2.33. The van der Waals surface area contributed by atoms with Crippen LogP contribution in [0.15, 0.2) is 42.5 Å². The van der Waals surface area contributed by atoms with E-state index >= 15 is 0 Å². The van der Waals surface area contributed by atoms with Crippen LogP contribution in [0.4, 0.5) is 11.4 Å². The molecule has 1 N–H and O–H groups in total. The van der Waals surface area contributed by atoms with E-state index in [0.29, 0.717) is 40.7 Å². The van der Waals surface area contributed by atoms with Gasteiger partial charge in [0.25, 0.3) is 5.91 Å². The van der Waals surface area contributed by atoms with Gasteiger partial charge in [-0.2, -0.15) is 0 Å². The maximum absolute atomic E-state index is 12.4. The quantitative estimate of drug-likeness (QED) is 0.884. The van der Waals surface area contributed by atoms with Gasteiger partial charge in [-0.15, -0.1) is 0 Å². The molecule has 2 aromatic carbocycles. The maximum Gasteiger partial charge on any atom is 0.255 e. The molecule has 8 heteroatoms. The third-order valence-electron chi connectivity index (χ3n) is 3.90. The molecule has 1 heterocycles. The highest BCUT2D eigenvalue weighted by molar-refractivity contribution is 7.93. The Morgan fingerprint density at radius 3 is 2.72 bits per heavy atom. The smallest absolute Gasteiger partial charge is 0.255 e. The second-order valence-corrected chi connectivity index (χ2v) is 8.01. The number of rotatable bonds is 4. The highest BCUT2D eigenvalue weighted by atomic mass is 35.5. The molecule has 0 unspecified atom stereocenters. The number of halogens is 1. The average molecular weight is 381 g/mol. The van der Waals surface area contributed by atoms with Gasteiger partial charge in [-0.25, -0.2) is 8.42 Å². The van der Waals surface area contributed by atoms with E-state index in [-0.39, 0.29) is 11.7 Å². The minimum Gasteiger partial charge on any atom is -0.497 e. The Hall–Kier alpha value is -2.25. The molecular formula is C17H17ClN2O4S. The SMILES string of the molecule is COc1cccc(C(=O)Nc2ccc(Cl)c(N3CCCS3(=O)=O)c2)c1. The van der Waals surface area contributed by atoms with Gasteiger partial charge in [-0.1, -0.05) is 17.7 Å². The third-order valence-corrected chi connectivity index (χ3v) is 6.08. The van der Waals surface area contributed by atoms with Gasteiger partial charge < -0.3 is 10.1 Å². The first-order valence-corrected chi connectivity index (χ1v) is 9.65. The predicted molar refractivity (Wildman–Crippen MR) is 98.1 cm³/mol. The van der Waals surface area contributed by atoms with Crippen molar-refractivity contribution in [1.29, 1.82) is 0 Å². The first-order valence-electron chi connectivity index (χ1n) is 7.66. The zero-order chi connectivity index (χ0) is 18.0. The van der Waals surface area contributed by atoms with E-state index in [1.54, 1.807) is 42.5 Å². The number of hydrogen-bond donors (Lipinski definition) is 1. The molecular weight excluding hydrogens is 364 g/mol. The zero-order valence-electron chi connectivity index (χ0n) is 13.5. The molecule has 132 valence electrons. The molecule has 0 saturated carbocycles. The van der Waals surface area contributed by atoms with Gasteiger partial charge >= 0.3 is 0 Å². The van der Waals surface area contributed by atoms with Crippen molar-refractivity contribution < 1.29 is 17.9 Å². The molecule has 1 aliphatic rings. The molecule has 2 aromatic rings. The van der Waals surface area contributed by atoms with Crippen molar-refractivity contribution >= 4 is 38.9 Å². The summed E-state index contributed by atoms with van der Waals surface area (Å²) < 4.78 is 30.6. The summed E-state index contributed by atoms with van der Waals surface area (Å²) in [4.78, 5) is 12.4. The second-order valence-electron chi connectivity index (χ2n) is 5.59. The van der Waals surface area contributed by atoms with Crippen LogP contribution in [0.2, 0.25) is 5.02 Å². The van der Waals surface area contributed by atoms with E-state index in [2.05, 4.69) is 5.32 Å². The topological polar surface area (TPSA) is 75.7 Å². The molecule has 0 radical (unpaired) electrons. The number of methoxy groups -OCH3 is 1. The van der Waals surface area contributed by atoms with Crippen molar-refractivity contribution in [3.05, 3.63) is 53.1 Å². The van der Waals surface area contributed by atoms with Crippen molar-refractivity contribution in [1.82, 2.24) is 0 Å². The van der Waals surface area contributed by atoms with Crippen LogP contribution in [0.1, 0.15) is 16.8 Å². The molecule has 0 spiro atoms. The van der Waals surface area contributed by atoms with E-state index in [0.717, 1.165) is 0 Å². The third kappa shape index (κ3) is 3.72. The van der Waals surface area contributed by atoms with Gasteiger partial charge in [0.2, 0.25) is 10.0 Å². The standard InChI is InChI=1S/C17H17ClN2O4S/c1-24-14-5-2-4-12(10-14)17(21)19-13-6-7-15(18)16(11-13)20-8-3-9-25(20,22)23/h2,4-7,10-11H,3,8-9H2,1H3,(H,19,21). The molecule has 0 aromatic heterocycles. The summed E-state index contributed by atoms with van der Waals surface area (Å²) in [6, 6.07) is 11.5. The average Bonchev–Trinajstić information content (AvgIpc) is 2.95. The Balaban J connectivity index is 1.86. The highest BCUT2D eigenvalue weighted by Gasteiger charge is 2.30. The van der Waals surface area contributed by atoms with Crippen LogP contribution >= 0.6 is 11.6 Å². The number of benzene rings is 2. The van der Waals surface area contributed by atoms with Crippen molar-refractivity contribution in [3.63, 3.8) is 0 Å². The number of hydrogen-bond acceptors (Lipinski definition) is 4. The van der Waals surface area contributed by atoms with Gasteiger partial charge in [0.15, 0.2) is 0 Å². The van der Waals surface area contributed by atoms with E-state index in [1.807, 2.05) is 0 Å². The molecule has 1 aliphatic heterocycles. The molecule has 3 rings (SSSR count). The lowest BCUT2D eigenvalue weighted by Crippen LogP contribution is -2.25. The summed E-state index contributed by atoms with van der Waals surface area (Å²) in [5.41, 5.74) is 1.28. The lowest BCUT2D eigenvalue weighted by Gasteiger charge is -2.19. The summed E-state index contributed by atoms with van der Waals surface area (Å²) in [6.45, 7) is 0.384. The Kier molecular flexibility index (Phi) is 4.87. The Morgan fingerprint density at radius 1 is 1.24 bits per heavy atom. The van der Waals surface area contributed by atoms with E-state index in [4.69, 9.17) is 16.3 Å². The van der Waals surface area contributed by atoms with Crippen molar-refractivity contribution in [2.45, 2.75) is 6.42 Å². The van der Waals surface area contributed by atoms with Gasteiger partial charge in [0, 0.05) is 17.8 Å². The van der Waals surface area contributed by atoms with Crippen LogP contribution < -0.4 is 14.4 Å². The van der Waals surface area contributed by atoms with Crippen LogP contribution in [0.3, 0.4) is 0 Å². The monoisotopic (exact) mass is 380 g/mol. The Morgan fingerprint density at radius 2 is 2.04 bits per heavy atom. The van der Waals surface area contributed by atoms with Crippen LogP contribution in [-0.4, -0.2) is 33.7 Å². The largest absolute Gasteiger partial charge is 0.497 e. The van der Waals surface area contributed by atoms with Gasteiger partial charge in [0.1, 0.15) is 5.75 Å². The number of nitrogens with zero attached hydrogens (tertiary/aromatic N) is 1. The molecule has 6 nitrogen and oxygen atoms in total. The fraction of sp³-hybridized carbons (Fsp3) is 0.235. The van der Waals surface area contributed by atoms with E-state index in [9.17, 15) is 13.2 Å². The summed E-state index contributed by atoms with van der Waals surface area (Å²) >= 11 is 6.16. The fourth-order valence-electron chi connectivity index (χ4n) is 2.66. The van der Waals surface area contributed by atoms with E-state index in [1.165, 1.54) is 11.4 Å². The van der Waals surface area contributed by atoms with Gasteiger partial charge in [0.05, 0.1) is 23.6 Å². The molecule has 0 atom stereocenters. The zero-order valence-corrected chi connectivity index (χ0v) is 15.1. The van der Waals surface area contributed by atoms with Crippen LogP contribution in [0.5, 0.6) is 5.75 Å². The normalized spacial score (nSPS) is 15.8. The Bertz CT molecular complexity index is 915. The van der Waals surface area contributed by atoms with Gasteiger partial charge in [-0.05, 0) is 42.8 Å². The summed E-state index contributed by atoms with van der Waals surface area (Å²) in [5, 5.41) is 3.08. The second kappa shape index (κ2) is 6.93. The lowest BCUT2D eigenvalue weighted by molar-refractivity contribution is 0.102. The molecule has 1 fully saturated rings. The van der Waals surface area contributed by atoms with Crippen molar-refractivity contribution in [2.24, 2.45) is 0 Å². The number of ether oxygens (including phenoxy) is 1. The number of sulfonamides is 1. The molecule has 0 aliphatic carbocycles. The number of amides is 1. The van der Waals surface area contributed by atoms with Crippen LogP contribution in [-0.2, 0) is 10.0 Å². The van der Waals surface area contributed by atoms with E-state index < -0.39 is 10.0 Å². The molecule has 1 amide bonds. The van der Waals surface area contributed by atoms with Crippen molar-refractivity contribution in [2.75, 3.05) is 29.0 Å². The molecule has 0 bridgehead atoms. The number of carbonyl (C=O) groups is 1. The van der Waals surface area contributed by atoms with Crippen LogP contribution in [0, 0.1) is 0 Å². The summed E-state index contributed by atoms with van der Waals surface area (Å²) in [6.07, 6.45) is 0.555. The molecule has 1 saturated heterocycles. The Labute approximate surface area is 151 Å². The van der Waals surface area contributed by atoms with Crippen LogP contribution in [0.25, 0.3) is 0 Å². The predicted octanol–water partition coefficient (Wildman–Crippen LogP) is 3.14. The number of nitrogens with one attached hydrogen (secondary N) is 1. The minimum atomic E-state index is -3.35.